The summed E-state index contributed by atoms with van der Waals surface area (Å²) in [5.74, 6) is -1.28. The highest BCUT2D eigenvalue weighted by Crippen LogP contribution is 2.16. The zero-order valence-corrected chi connectivity index (χ0v) is 9.26. The molecule has 1 aromatic heterocycles. The molecule has 0 aliphatic rings. The number of carbonyl (C=O) groups is 2. The lowest BCUT2D eigenvalue weighted by atomic mass is 10.1. The molecule has 0 saturated heterocycles. The zero-order valence-electron chi connectivity index (χ0n) is 9.26. The van der Waals surface area contributed by atoms with Crippen LogP contribution < -0.4 is 5.73 Å². The molecule has 0 aromatic carbocycles. The summed E-state index contributed by atoms with van der Waals surface area (Å²) >= 11 is 0. The number of hydrogen-bond donors (Lipinski definition) is 1. The molecule has 7 nitrogen and oxygen atoms in total. The van der Waals surface area contributed by atoms with Gasteiger partial charge in [0.25, 0.3) is 0 Å². The van der Waals surface area contributed by atoms with Gasteiger partial charge in [0, 0.05) is 18.8 Å². The van der Waals surface area contributed by atoms with Crippen molar-refractivity contribution in [2.24, 2.45) is 12.8 Å². The Labute approximate surface area is 92.1 Å². The topological polar surface area (TPSA) is 96.4 Å². The lowest BCUT2D eigenvalue weighted by Gasteiger charge is -2.07. The quantitative estimate of drug-likeness (QED) is 0.691. The first kappa shape index (κ1) is 12.2. The number of ether oxygens (including phenoxy) is 2. The van der Waals surface area contributed by atoms with E-state index in [4.69, 9.17) is 5.73 Å². The van der Waals surface area contributed by atoms with E-state index >= 15 is 0 Å². The van der Waals surface area contributed by atoms with Gasteiger partial charge in [0.1, 0.15) is 6.04 Å². The first-order valence-electron chi connectivity index (χ1n) is 4.46. The van der Waals surface area contributed by atoms with Crippen molar-refractivity contribution >= 4 is 11.9 Å². The van der Waals surface area contributed by atoms with Crippen molar-refractivity contribution in [3.63, 3.8) is 0 Å². The average molecular weight is 227 g/mol. The van der Waals surface area contributed by atoms with Crippen molar-refractivity contribution in [2.75, 3.05) is 14.2 Å². The van der Waals surface area contributed by atoms with E-state index < -0.39 is 18.0 Å². The first-order chi connectivity index (χ1) is 7.51. The van der Waals surface area contributed by atoms with Gasteiger partial charge in [0.05, 0.1) is 14.2 Å². The minimum absolute atomic E-state index is 0.0166. The largest absolute Gasteiger partial charge is 0.468 e. The van der Waals surface area contributed by atoms with E-state index in [0.29, 0.717) is 0 Å². The van der Waals surface area contributed by atoms with Gasteiger partial charge in [-0.3, -0.25) is 9.48 Å². The highest BCUT2D eigenvalue weighted by molar-refractivity contribution is 5.91. The van der Waals surface area contributed by atoms with Gasteiger partial charge in [-0.1, -0.05) is 0 Å². The Kier molecular flexibility index (Phi) is 3.62. The summed E-state index contributed by atoms with van der Waals surface area (Å²) in [4.78, 5) is 22.6. The second-order valence-electron chi connectivity index (χ2n) is 3.10. The molecular formula is C9H13N3O4. The summed E-state index contributed by atoms with van der Waals surface area (Å²) in [6.07, 6.45) is 1.48. The molecule has 0 saturated carbocycles. The third kappa shape index (κ3) is 2.19. The Morgan fingerprint density at radius 1 is 1.44 bits per heavy atom. The summed E-state index contributed by atoms with van der Waals surface area (Å²) in [5, 5.41) is 3.87. The van der Waals surface area contributed by atoms with Crippen LogP contribution in [0.3, 0.4) is 0 Å². The predicted octanol–water partition coefficient (Wildman–Crippen LogP) is -0.620. The van der Waals surface area contributed by atoms with Gasteiger partial charge in [0.2, 0.25) is 0 Å². The second-order valence-corrected chi connectivity index (χ2v) is 3.10. The van der Waals surface area contributed by atoms with Crippen LogP contribution in [0.1, 0.15) is 22.1 Å². The number of nitrogens with zero attached hydrogens (tertiary/aromatic N) is 2. The second kappa shape index (κ2) is 4.75. The maximum Gasteiger partial charge on any atom is 0.358 e. The molecule has 1 atom stereocenters. The normalized spacial score (nSPS) is 12.0. The van der Waals surface area contributed by atoms with Crippen molar-refractivity contribution in [1.29, 1.82) is 0 Å². The summed E-state index contributed by atoms with van der Waals surface area (Å²) < 4.78 is 10.4. The van der Waals surface area contributed by atoms with Crippen molar-refractivity contribution in [3.8, 4) is 0 Å². The van der Waals surface area contributed by atoms with Gasteiger partial charge < -0.3 is 15.2 Å². The van der Waals surface area contributed by atoms with Crippen molar-refractivity contribution in [3.05, 3.63) is 17.5 Å². The Bertz CT molecular complexity index is 413. The molecule has 1 rings (SSSR count). The molecule has 2 N–H and O–H groups in total. The van der Waals surface area contributed by atoms with Crippen molar-refractivity contribution in [1.82, 2.24) is 9.78 Å². The molecule has 0 aliphatic carbocycles. The summed E-state index contributed by atoms with van der Waals surface area (Å²) in [7, 11) is 4.06. The van der Waals surface area contributed by atoms with Crippen molar-refractivity contribution < 1.29 is 19.1 Å². The van der Waals surface area contributed by atoms with E-state index in [9.17, 15) is 9.59 Å². The highest BCUT2D eigenvalue weighted by atomic mass is 16.5. The van der Waals surface area contributed by atoms with Crippen LogP contribution in [0, 0.1) is 0 Å². The molecule has 0 bridgehead atoms. The Balaban J connectivity index is 3.12. The summed E-state index contributed by atoms with van der Waals surface area (Å²) in [6.45, 7) is 0. The predicted molar refractivity (Wildman–Crippen MR) is 53.5 cm³/mol. The van der Waals surface area contributed by atoms with Gasteiger partial charge in [0.15, 0.2) is 5.69 Å². The monoisotopic (exact) mass is 227 g/mol. The molecule has 1 aromatic rings. The Morgan fingerprint density at radius 3 is 2.56 bits per heavy atom. The minimum atomic E-state index is -1.05. The van der Waals surface area contributed by atoms with Crippen LogP contribution in [-0.4, -0.2) is 35.9 Å². The van der Waals surface area contributed by atoms with E-state index in [-0.39, 0.29) is 11.3 Å². The molecule has 0 fully saturated rings. The van der Waals surface area contributed by atoms with Crippen LogP contribution in [0.5, 0.6) is 0 Å². The molecule has 1 heterocycles. The fourth-order valence-electron chi connectivity index (χ4n) is 1.24. The van der Waals surface area contributed by atoms with Gasteiger partial charge in [-0.15, -0.1) is 0 Å². The summed E-state index contributed by atoms with van der Waals surface area (Å²) in [6, 6.07) is -1.05. The van der Waals surface area contributed by atoms with Gasteiger partial charge in [-0.25, -0.2) is 4.79 Å². The van der Waals surface area contributed by atoms with Crippen LogP contribution in [0.2, 0.25) is 0 Å². The molecule has 7 heteroatoms. The number of methoxy groups -OCH3 is 2. The average Bonchev–Trinajstić information content (AvgIpc) is 2.68. The number of rotatable bonds is 3. The number of carbonyl (C=O) groups excluding carboxylic acids is 2. The van der Waals surface area contributed by atoms with E-state index in [0.717, 1.165) is 0 Å². The molecule has 0 spiro atoms. The van der Waals surface area contributed by atoms with Crippen LogP contribution in [-0.2, 0) is 21.3 Å². The standard InChI is InChI=1S/C9H13N3O4/c1-12-4-5(6(10)8(13)15-2)7(11-12)9(14)16-3/h4,6H,10H2,1-3H3. The maximum absolute atomic E-state index is 11.4. The molecular weight excluding hydrogens is 214 g/mol. The first-order valence-corrected chi connectivity index (χ1v) is 4.46. The van der Waals surface area contributed by atoms with E-state index in [1.54, 1.807) is 7.05 Å². The van der Waals surface area contributed by atoms with Gasteiger partial charge in [-0.2, -0.15) is 5.10 Å². The van der Waals surface area contributed by atoms with Gasteiger partial charge >= 0.3 is 11.9 Å². The molecule has 0 aliphatic heterocycles. The lowest BCUT2D eigenvalue weighted by Crippen LogP contribution is -2.24. The van der Waals surface area contributed by atoms with E-state index in [2.05, 4.69) is 14.6 Å². The fourth-order valence-corrected chi connectivity index (χ4v) is 1.24. The Hall–Kier alpha value is -1.89. The minimum Gasteiger partial charge on any atom is -0.468 e. The fraction of sp³-hybridized carbons (Fsp3) is 0.444. The SMILES string of the molecule is COC(=O)c1nn(C)cc1C(N)C(=O)OC. The number of nitrogens with two attached hydrogens (primary N) is 1. The molecule has 88 valence electrons. The highest BCUT2D eigenvalue weighted by Gasteiger charge is 2.26. The number of aromatic nitrogens is 2. The number of hydrogen-bond acceptors (Lipinski definition) is 6. The molecule has 1 unspecified atom stereocenters. The van der Waals surface area contributed by atoms with Crippen LogP contribution in [0.4, 0.5) is 0 Å². The smallest absolute Gasteiger partial charge is 0.358 e. The third-order valence-electron chi connectivity index (χ3n) is 2.03. The lowest BCUT2D eigenvalue weighted by molar-refractivity contribution is -0.142. The van der Waals surface area contributed by atoms with Crippen LogP contribution in [0.25, 0.3) is 0 Å². The van der Waals surface area contributed by atoms with Crippen LogP contribution in [0.15, 0.2) is 6.20 Å². The van der Waals surface area contributed by atoms with Gasteiger partial charge in [-0.05, 0) is 0 Å². The zero-order chi connectivity index (χ0) is 12.3. The number of esters is 2. The van der Waals surface area contributed by atoms with E-state index in [1.807, 2.05) is 0 Å². The molecule has 0 amide bonds. The van der Waals surface area contributed by atoms with Crippen LogP contribution >= 0.6 is 0 Å². The molecule has 0 radical (unpaired) electrons. The van der Waals surface area contributed by atoms with E-state index in [1.165, 1.54) is 25.1 Å². The van der Waals surface area contributed by atoms with Crippen molar-refractivity contribution in [2.45, 2.75) is 6.04 Å². The third-order valence-corrected chi connectivity index (χ3v) is 2.03. The summed E-state index contributed by atoms with van der Waals surface area (Å²) in [5.41, 5.74) is 5.92. The number of aryl methyl sites for hydroxylation is 1. The Morgan fingerprint density at radius 2 is 2.06 bits per heavy atom. The molecule has 16 heavy (non-hydrogen) atoms. The maximum atomic E-state index is 11.4.